The van der Waals surface area contributed by atoms with Gasteiger partial charge in [-0.2, -0.15) is 5.26 Å². The van der Waals surface area contributed by atoms with Crippen LogP contribution >= 0.6 is 0 Å². The van der Waals surface area contributed by atoms with Crippen LogP contribution in [-0.2, 0) is 20.5 Å². The van der Waals surface area contributed by atoms with Gasteiger partial charge >= 0.3 is 0 Å². The lowest BCUT2D eigenvalue weighted by atomic mass is 10.2. The average molecular weight is 337 g/mol. The van der Waals surface area contributed by atoms with E-state index in [1.807, 2.05) is 6.07 Å². The SMILES string of the molecule is COCCN1CCC[C@@H]1CNS(=O)(=O)Cc1cccc(C#N)c1. The summed E-state index contributed by atoms with van der Waals surface area (Å²) >= 11 is 0. The van der Waals surface area contributed by atoms with Crippen molar-refractivity contribution >= 4 is 10.0 Å². The average Bonchev–Trinajstić information content (AvgIpc) is 2.98. The van der Waals surface area contributed by atoms with Gasteiger partial charge in [-0.3, -0.25) is 4.90 Å². The van der Waals surface area contributed by atoms with Crippen LogP contribution in [0.3, 0.4) is 0 Å². The Bertz CT molecular complexity index is 655. The molecule has 0 bridgehead atoms. The summed E-state index contributed by atoms with van der Waals surface area (Å²) in [7, 11) is -1.74. The van der Waals surface area contributed by atoms with Crippen LogP contribution in [0, 0.1) is 11.3 Å². The molecular formula is C16H23N3O3S. The standard InChI is InChI=1S/C16H23N3O3S/c1-22-9-8-19-7-3-6-16(19)12-18-23(20,21)13-15-5-2-4-14(10-15)11-17/h2,4-5,10,16,18H,3,6-9,12-13H2,1H3/t16-/m1/s1. The highest BCUT2D eigenvalue weighted by molar-refractivity contribution is 7.88. The predicted octanol–water partition coefficient (Wildman–Crippen LogP) is 1.09. The Morgan fingerprint density at radius 2 is 2.30 bits per heavy atom. The molecule has 126 valence electrons. The molecule has 0 amide bonds. The largest absolute Gasteiger partial charge is 0.383 e. The van der Waals surface area contributed by atoms with E-state index in [9.17, 15) is 8.42 Å². The van der Waals surface area contributed by atoms with Gasteiger partial charge in [0.05, 0.1) is 24.0 Å². The van der Waals surface area contributed by atoms with Crippen LogP contribution < -0.4 is 4.72 Å². The minimum absolute atomic E-state index is 0.104. The van der Waals surface area contributed by atoms with Crippen LogP contribution in [0.15, 0.2) is 24.3 Å². The smallest absolute Gasteiger partial charge is 0.215 e. The highest BCUT2D eigenvalue weighted by Crippen LogP contribution is 2.16. The first-order valence-electron chi connectivity index (χ1n) is 7.73. The quantitative estimate of drug-likeness (QED) is 0.768. The van der Waals surface area contributed by atoms with Crippen molar-refractivity contribution in [2.45, 2.75) is 24.6 Å². The second kappa shape index (κ2) is 8.41. The number of nitrogens with one attached hydrogen (secondary N) is 1. The summed E-state index contributed by atoms with van der Waals surface area (Å²) in [6.07, 6.45) is 2.08. The maximum absolute atomic E-state index is 12.2. The van der Waals surface area contributed by atoms with Crippen LogP contribution in [0.4, 0.5) is 0 Å². The van der Waals surface area contributed by atoms with Crippen molar-refractivity contribution in [3.63, 3.8) is 0 Å². The molecule has 1 aliphatic rings. The summed E-state index contributed by atoms with van der Waals surface area (Å²) in [5.74, 6) is -0.104. The lowest BCUT2D eigenvalue weighted by Crippen LogP contribution is -2.41. The van der Waals surface area contributed by atoms with Gasteiger partial charge in [-0.25, -0.2) is 13.1 Å². The van der Waals surface area contributed by atoms with Crippen molar-refractivity contribution in [2.75, 3.05) is 33.4 Å². The lowest BCUT2D eigenvalue weighted by Gasteiger charge is -2.24. The third-order valence-electron chi connectivity index (χ3n) is 4.03. The third kappa shape index (κ3) is 5.59. The molecule has 0 aromatic heterocycles. The molecule has 1 aromatic rings. The first kappa shape index (κ1) is 17.9. The Kier molecular flexibility index (Phi) is 6.54. The second-order valence-corrected chi connectivity index (χ2v) is 7.55. The molecule has 1 fully saturated rings. The fourth-order valence-electron chi connectivity index (χ4n) is 2.85. The van der Waals surface area contributed by atoms with Crippen molar-refractivity contribution < 1.29 is 13.2 Å². The van der Waals surface area contributed by atoms with E-state index in [0.717, 1.165) is 25.9 Å². The molecule has 1 aliphatic heterocycles. The summed E-state index contributed by atoms with van der Waals surface area (Å²) in [4.78, 5) is 2.27. The molecule has 0 unspecified atom stereocenters. The number of benzene rings is 1. The first-order chi connectivity index (χ1) is 11.0. The first-order valence-corrected chi connectivity index (χ1v) is 9.38. The van der Waals surface area contributed by atoms with E-state index in [4.69, 9.17) is 10.00 Å². The topological polar surface area (TPSA) is 82.4 Å². The highest BCUT2D eigenvalue weighted by Gasteiger charge is 2.25. The third-order valence-corrected chi connectivity index (χ3v) is 5.35. The van der Waals surface area contributed by atoms with E-state index in [1.54, 1.807) is 31.4 Å². The summed E-state index contributed by atoms with van der Waals surface area (Å²) in [5.41, 5.74) is 1.10. The number of ether oxygens (including phenoxy) is 1. The van der Waals surface area contributed by atoms with Crippen molar-refractivity contribution in [3.05, 3.63) is 35.4 Å². The molecule has 1 aromatic carbocycles. The van der Waals surface area contributed by atoms with E-state index < -0.39 is 10.0 Å². The van der Waals surface area contributed by atoms with Gasteiger partial charge in [-0.1, -0.05) is 12.1 Å². The number of sulfonamides is 1. The van der Waals surface area contributed by atoms with Crippen molar-refractivity contribution in [1.29, 1.82) is 5.26 Å². The van der Waals surface area contributed by atoms with Crippen LogP contribution in [0.5, 0.6) is 0 Å². The fraction of sp³-hybridized carbons (Fsp3) is 0.562. The maximum atomic E-state index is 12.2. The van der Waals surface area contributed by atoms with Crippen molar-refractivity contribution in [3.8, 4) is 6.07 Å². The zero-order valence-electron chi connectivity index (χ0n) is 13.4. The Hall–Kier alpha value is -1.46. The Morgan fingerprint density at radius 3 is 3.04 bits per heavy atom. The van der Waals surface area contributed by atoms with Crippen molar-refractivity contribution in [2.24, 2.45) is 0 Å². The van der Waals surface area contributed by atoms with Crippen LogP contribution in [-0.4, -0.2) is 52.7 Å². The molecule has 1 atom stereocenters. The van der Waals surface area contributed by atoms with Crippen LogP contribution in [0.25, 0.3) is 0 Å². The number of hydrogen-bond donors (Lipinski definition) is 1. The minimum Gasteiger partial charge on any atom is -0.383 e. The number of nitriles is 1. The van der Waals surface area contributed by atoms with Crippen LogP contribution in [0.1, 0.15) is 24.0 Å². The van der Waals surface area contributed by atoms with Gasteiger partial charge in [-0.05, 0) is 37.1 Å². The Labute approximate surface area is 138 Å². The number of nitrogens with zero attached hydrogens (tertiary/aromatic N) is 2. The predicted molar refractivity (Wildman–Crippen MR) is 88.3 cm³/mol. The van der Waals surface area contributed by atoms with E-state index in [-0.39, 0.29) is 11.8 Å². The number of hydrogen-bond acceptors (Lipinski definition) is 5. The van der Waals surface area contributed by atoms with Crippen LogP contribution in [0.2, 0.25) is 0 Å². The van der Waals surface area contributed by atoms with Crippen molar-refractivity contribution in [1.82, 2.24) is 9.62 Å². The molecular weight excluding hydrogens is 314 g/mol. The van der Waals surface area contributed by atoms with Gasteiger partial charge in [0.15, 0.2) is 0 Å². The number of rotatable bonds is 8. The van der Waals surface area contributed by atoms with Gasteiger partial charge < -0.3 is 4.74 Å². The molecule has 0 saturated carbocycles. The second-order valence-electron chi connectivity index (χ2n) is 5.74. The molecule has 6 nitrogen and oxygen atoms in total. The Morgan fingerprint density at radius 1 is 1.48 bits per heavy atom. The summed E-state index contributed by atoms with van der Waals surface area (Å²) in [6, 6.07) is 8.95. The lowest BCUT2D eigenvalue weighted by molar-refractivity contribution is 0.141. The van der Waals surface area contributed by atoms with Gasteiger partial charge in [0.2, 0.25) is 10.0 Å². The normalized spacial score (nSPS) is 18.9. The zero-order chi connectivity index (χ0) is 16.7. The van der Waals surface area contributed by atoms with E-state index >= 15 is 0 Å². The molecule has 0 radical (unpaired) electrons. The van der Waals surface area contributed by atoms with E-state index in [1.165, 1.54) is 0 Å². The van der Waals surface area contributed by atoms with E-state index in [0.29, 0.717) is 24.3 Å². The molecule has 0 spiro atoms. The summed E-state index contributed by atoms with van der Waals surface area (Å²) in [5, 5.41) is 8.88. The van der Waals surface area contributed by atoms with Gasteiger partial charge in [0.25, 0.3) is 0 Å². The minimum atomic E-state index is -3.41. The summed E-state index contributed by atoms with van der Waals surface area (Å²) < 4.78 is 32.3. The highest BCUT2D eigenvalue weighted by atomic mass is 32.2. The van der Waals surface area contributed by atoms with Gasteiger partial charge in [0, 0.05) is 26.2 Å². The molecule has 2 rings (SSSR count). The summed E-state index contributed by atoms with van der Waals surface area (Å²) in [6.45, 7) is 2.89. The Balaban J connectivity index is 1.89. The zero-order valence-corrected chi connectivity index (χ0v) is 14.2. The fourth-order valence-corrected chi connectivity index (χ4v) is 4.02. The molecule has 1 saturated heterocycles. The molecule has 7 heteroatoms. The molecule has 23 heavy (non-hydrogen) atoms. The number of likely N-dealkylation sites (tertiary alicyclic amines) is 1. The molecule has 1 heterocycles. The van der Waals surface area contributed by atoms with Gasteiger partial charge in [0.1, 0.15) is 0 Å². The van der Waals surface area contributed by atoms with E-state index in [2.05, 4.69) is 9.62 Å². The maximum Gasteiger partial charge on any atom is 0.215 e. The van der Waals surface area contributed by atoms with Gasteiger partial charge in [-0.15, -0.1) is 0 Å². The molecule has 1 N–H and O–H groups in total. The number of methoxy groups -OCH3 is 1. The molecule has 0 aliphatic carbocycles. The monoisotopic (exact) mass is 337 g/mol.